The summed E-state index contributed by atoms with van der Waals surface area (Å²) in [4.78, 5) is 20.8. The number of hydrogen-bond donors (Lipinski definition) is 1. The Labute approximate surface area is 143 Å². The van der Waals surface area contributed by atoms with Crippen molar-refractivity contribution in [1.29, 1.82) is 0 Å². The molecule has 0 bridgehead atoms. The number of aliphatic imine (C=N–C) groups is 1. The van der Waals surface area contributed by atoms with E-state index in [0.717, 1.165) is 28.2 Å². The quantitative estimate of drug-likeness (QED) is 0.644. The van der Waals surface area contributed by atoms with Gasteiger partial charge in [-0.3, -0.25) is 14.8 Å². The van der Waals surface area contributed by atoms with Crippen LogP contribution in [0.15, 0.2) is 47.6 Å². The van der Waals surface area contributed by atoms with Gasteiger partial charge in [0.1, 0.15) is 14.6 Å². The van der Waals surface area contributed by atoms with E-state index in [4.69, 9.17) is 0 Å². The van der Waals surface area contributed by atoms with Gasteiger partial charge in [0, 0.05) is 17.3 Å². The Hall–Kier alpha value is -2.71. The number of nitrogens with zero attached hydrogens (tertiary/aromatic N) is 2. The van der Waals surface area contributed by atoms with Crippen LogP contribution in [-0.2, 0) is 4.79 Å². The average molecular weight is 333 g/mol. The van der Waals surface area contributed by atoms with E-state index in [1.807, 2.05) is 36.4 Å². The number of benzene rings is 1. The minimum atomic E-state index is -1.45. The highest BCUT2D eigenvalue weighted by atomic mass is 28.3. The van der Waals surface area contributed by atoms with Gasteiger partial charge in [0.2, 0.25) is 5.91 Å². The van der Waals surface area contributed by atoms with Crippen molar-refractivity contribution in [2.45, 2.75) is 19.6 Å². The standard InChI is InChI=1S/C19H19N3OSi/c1-24(2,3)11-9-14-7-8-16-15(12-14)19(21-13-18(23)22-16)17-6-4-5-10-20-17/h4-8,10,12H,13H2,1-3H3,(H,22,23). The molecule has 0 unspecified atom stereocenters. The molecule has 0 aliphatic carbocycles. The predicted octanol–water partition coefficient (Wildman–Crippen LogP) is 3.10. The molecule has 1 N–H and O–H groups in total. The maximum Gasteiger partial charge on any atom is 0.246 e. The van der Waals surface area contributed by atoms with Crippen LogP contribution in [0.1, 0.15) is 16.8 Å². The number of amides is 1. The third kappa shape index (κ3) is 3.78. The van der Waals surface area contributed by atoms with E-state index in [1.165, 1.54) is 0 Å². The fraction of sp³-hybridized carbons (Fsp3) is 0.211. The summed E-state index contributed by atoms with van der Waals surface area (Å²) in [5.74, 6) is 3.14. The molecule has 0 saturated heterocycles. The number of fused-ring (bicyclic) bond motifs is 1. The van der Waals surface area contributed by atoms with Gasteiger partial charge in [-0.15, -0.1) is 5.54 Å². The van der Waals surface area contributed by atoms with E-state index in [2.05, 4.69) is 46.4 Å². The number of carbonyl (C=O) groups excluding carboxylic acids is 1. The highest BCUT2D eigenvalue weighted by molar-refractivity contribution is 6.83. The van der Waals surface area contributed by atoms with E-state index in [9.17, 15) is 4.79 Å². The molecule has 1 aromatic carbocycles. The highest BCUT2D eigenvalue weighted by Gasteiger charge is 2.19. The van der Waals surface area contributed by atoms with Gasteiger partial charge < -0.3 is 5.32 Å². The summed E-state index contributed by atoms with van der Waals surface area (Å²) in [7, 11) is -1.45. The second-order valence-corrected chi connectivity index (χ2v) is 11.4. The van der Waals surface area contributed by atoms with Crippen LogP contribution in [-0.4, -0.2) is 31.2 Å². The van der Waals surface area contributed by atoms with Gasteiger partial charge >= 0.3 is 0 Å². The SMILES string of the molecule is C[Si](C)(C)C#Cc1ccc2c(c1)C(c1ccccn1)=NCC(=O)N2. The molecule has 2 aromatic rings. The molecule has 0 fully saturated rings. The molecule has 0 spiro atoms. The summed E-state index contributed by atoms with van der Waals surface area (Å²) in [6.45, 7) is 6.73. The zero-order valence-corrected chi connectivity index (χ0v) is 15.1. The van der Waals surface area contributed by atoms with E-state index in [0.29, 0.717) is 0 Å². The Morgan fingerprint density at radius 1 is 1.17 bits per heavy atom. The summed E-state index contributed by atoms with van der Waals surface area (Å²) in [6.07, 6.45) is 1.73. The molecule has 120 valence electrons. The van der Waals surface area contributed by atoms with Gasteiger partial charge in [-0.1, -0.05) is 31.6 Å². The van der Waals surface area contributed by atoms with Crippen LogP contribution in [0.5, 0.6) is 0 Å². The van der Waals surface area contributed by atoms with Crippen molar-refractivity contribution in [3.8, 4) is 11.5 Å². The number of carbonyl (C=O) groups is 1. The van der Waals surface area contributed by atoms with Gasteiger partial charge in [0.05, 0.1) is 17.1 Å². The molecule has 1 aromatic heterocycles. The Morgan fingerprint density at radius 3 is 2.71 bits per heavy atom. The molecule has 0 radical (unpaired) electrons. The molecule has 1 aliphatic heterocycles. The fourth-order valence-corrected chi connectivity index (χ4v) is 2.85. The van der Waals surface area contributed by atoms with E-state index in [-0.39, 0.29) is 12.5 Å². The lowest BCUT2D eigenvalue weighted by molar-refractivity contribution is -0.114. The van der Waals surface area contributed by atoms with Crippen molar-refractivity contribution in [3.05, 3.63) is 59.4 Å². The molecule has 2 heterocycles. The molecular weight excluding hydrogens is 314 g/mol. The molecule has 0 saturated carbocycles. The maximum atomic E-state index is 11.9. The van der Waals surface area contributed by atoms with Crippen molar-refractivity contribution in [3.63, 3.8) is 0 Å². The van der Waals surface area contributed by atoms with Crippen LogP contribution in [0, 0.1) is 11.5 Å². The second kappa shape index (κ2) is 6.42. The monoisotopic (exact) mass is 333 g/mol. The lowest BCUT2D eigenvalue weighted by atomic mass is 10.0. The minimum absolute atomic E-state index is 0.0938. The van der Waals surface area contributed by atoms with Crippen molar-refractivity contribution < 1.29 is 4.79 Å². The number of rotatable bonds is 1. The van der Waals surface area contributed by atoms with Crippen LogP contribution in [0.2, 0.25) is 19.6 Å². The molecule has 1 amide bonds. The number of hydrogen-bond acceptors (Lipinski definition) is 3. The predicted molar refractivity (Wildman–Crippen MR) is 100 cm³/mol. The first kappa shape index (κ1) is 16.2. The largest absolute Gasteiger partial charge is 0.324 e. The fourth-order valence-electron chi connectivity index (χ4n) is 2.33. The van der Waals surface area contributed by atoms with E-state index >= 15 is 0 Å². The summed E-state index contributed by atoms with van der Waals surface area (Å²) in [6, 6.07) is 11.5. The van der Waals surface area contributed by atoms with Crippen molar-refractivity contribution >= 4 is 25.4 Å². The summed E-state index contributed by atoms with van der Waals surface area (Å²) < 4.78 is 0. The van der Waals surface area contributed by atoms with Crippen LogP contribution in [0.3, 0.4) is 0 Å². The molecular formula is C19H19N3OSi. The molecule has 1 aliphatic rings. The maximum absolute atomic E-state index is 11.9. The Morgan fingerprint density at radius 2 is 2.00 bits per heavy atom. The van der Waals surface area contributed by atoms with Crippen molar-refractivity contribution in [1.82, 2.24) is 4.98 Å². The number of benzodiazepines with no additional fused rings is 1. The van der Waals surface area contributed by atoms with Gasteiger partial charge in [0.15, 0.2) is 0 Å². The lowest BCUT2D eigenvalue weighted by Gasteiger charge is -2.10. The van der Waals surface area contributed by atoms with Crippen molar-refractivity contribution in [2.75, 3.05) is 11.9 Å². The van der Waals surface area contributed by atoms with E-state index < -0.39 is 8.07 Å². The van der Waals surface area contributed by atoms with Crippen LogP contribution in [0.4, 0.5) is 5.69 Å². The Kier molecular flexibility index (Phi) is 4.32. The normalized spacial score (nSPS) is 13.8. The average Bonchev–Trinajstić information content (AvgIpc) is 2.71. The molecule has 24 heavy (non-hydrogen) atoms. The first-order chi connectivity index (χ1) is 11.4. The number of nitrogens with one attached hydrogen (secondary N) is 1. The van der Waals surface area contributed by atoms with Gasteiger partial charge in [0.25, 0.3) is 0 Å². The smallest absolute Gasteiger partial charge is 0.246 e. The lowest BCUT2D eigenvalue weighted by Crippen LogP contribution is -2.16. The Balaban J connectivity index is 2.11. The third-order valence-electron chi connectivity index (χ3n) is 3.42. The molecule has 0 atom stereocenters. The van der Waals surface area contributed by atoms with Crippen LogP contribution in [0.25, 0.3) is 0 Å². The number of pyridine rings is 1. The summed E-state index contributed by atoms with van der Waals surface area (Å²) in [5, 5.41) is 2.90. The first-order valence-electron chi connectivity index (χ1n) is 7.86. The highest BCUT2D eigenvalue weighted by Crippen LogP contribution is 2.23. The van der Waals surface area contributed by atoms with E-state index in [1.54, 1.807) is 6.20 Å². The van der Waals surface area contributed by atoms with Gasteiger partial charge in [-0.25, -0.2) is 0 Å². The van der Waals surface area contributed by atoms with Gasteiger partial charge in [-0.2, -0.15) is 0 Å². The third-order valence-corrected chi connectivity index (χ3v) is 4.29. The van der Waals surface area contributed by atoms with Gasteiger partial charge in [-0.05, 0) is 30.3 Å². The second-order valence-electron chi connectivity index (χ2n) is 6.69. The molecule has 5 heteroatoms. The Bertz CT molecular complexity index is 871. The number of aromatic nitrogens is 1. The minimum Gasteiger partial charge on any atom is -0.324 e. The summed E-state index contributed by atoms with van der Waals surface area (Å²) >= 11 is 0. The number of anilines is 1. The topological polar surface area (TPSA) is 54.4 Å². The zero-order chi connectivity index (χ0) is 17.2. The first-order valence-corrected chi connectivity index (χ1v) is 11.4. The molecule has 3 rings (SSSR count). The summed E-state index contributed by atoms with van der Waals surface area (Å²) in [5.41, 5.74) is 7.39. The molecule has 4 nitrogen and oxygen atoms in total. The van der Waals surface area contributed by atoms with Crippen LogP contribution < -0.4 is 5.32 Å². The zero-order valence-electron chi connectivity index (χ0n) is 14.1. The van der Waals surface area contributed by atoms with Crippen molar-refractivity contribution in [2.24, 2.45) is 4.99 Å². The van der Waals surface area contributed by atoms with Crippen LogP contribution >= 0.6 is 0 Å².